The maximum absolute atomic E-state index is 12.8. The van der Waals surface area contributed by atoms with Gasteiger partial charge in [-0.25, -0.2) is 0 Å². The van der Waals surface area contributed by atoms with Crippen LogP contribution in [-0.2, 0) is 14.4 Å². The molecule has 0 aromatic heterocycles. The monoisotopic (exact) mass is 411 g/mol. The average molecular weight is 411 g/mol. The van der Waals surface area contributed by atoms with Gasteiger partial charge in [0.2, 0.25) is 0 Å². The van der Waals surface area contributed by atoms with Crippen molar-refractivity contribution in [2.24, 2.45) is 0 Å². The number of carboxylic acids is 1. The smallest absolute Gasteiger partial charge is 0.305 e. The van der Waals surface area contributed by atoms with Crippen LogP contribution in [0.25, 0.3) is 5.76 Å². The van der Waals surface area contributed by atoms with Crippen LogP contribution >= 0.6 is 0 Å². The quantitative estimate of drug-likeness (QED) is 0.409. The molecule has 1 heterocycles. The first-order valence-electron chi connectivity index (χ1n) is 9.16. The Hall–Kier alpha value is -3.81. The second-order valence-electron chi connectivity index (χ2n) is 6.62. The lowest BCUT2D eigenvalue weighted by atomic mass is 9.95. The van der Waals surface area contributed by atoms with Crippen molar-refractivity contribution in [3.63, 3.8) is 0 Å². The van der Waals surface area contributed by atoms with E-state index in [9.17, 15) is 19.5 Å². The first-order valence-corrected chi connectivity index (χ1v) is 9.16. The topological polar surface area (TPSA) is 113 Å². The summed E-state index contributed by atoms with van der Waals surface area (Å²) in [6, 6.07) is 12.3. The van der Waals surface area contributed by atoms with Crippen molar-refractivity contribution in [3.05, 3.63) is 65.2 Å². The Morgan fingerprint density at radius 2 is 1.67 bits per heavy atom. The van der Waals surface area contributed by atoms with Crippen molar-refractivity contribution < 1.29 is 34.1 Å². The number of Topliss-reactive ketones (excluding diaryl/α,β-unsaturated/α-hetero) is 1. The first kappa shape index (κ1) is 20.9. The first-order chi connectivity index (χ1) is 14.4. The lowest BCUT2D eigenvalue weighted by Crippen LogP contribution is -2.31. The van der Waals surface area contributed by atoms with Crippen molar-refractivity contribution in [2.45, 2.75) is 12.5 Å². The zero-order chi connectivity index (χ0) is 21.8. The molecule has 1 atom stereocenters. The molecule has 2 N–H and O–H groups in total. The summed E-state index contributed by atoms with van der Waals surface area (Å²) < 4.78 is 10.6. The molecule has 0 saturated carbocycles. The zero-order valence-corrected chi connectivity index (χ0v) is 16.5. The lowest BCUT2D eigenvalue weighted by molar-refractivity contribution is -0.142. The molecule has 8 heteroatoms. The molecule has 0 spiro atoms. The van der Waals surface area contributed by atoms with Gasteiger partial charge >= 0.3 is 5.97 Å². The highest BCUT2D eigenvalue weighted by molar-refractivity contribution is 6.46. The van der Waals surface area contributed by atoms with Gasteiger partial charge in [0.05, 0.1) is 32.3 Å². The maximum atomic E-state index is 12.8. The molecule has 1 fully saturated rings. The second-order valence-corrected chi connectivity index (χ2v) is 6.62. The minimum atomic E-state index is -1.11. The summed E-state index contributed by atoms with van der Waals surface area (Å²) in [5.74, 6) is -2.35. The summed E-state index contributed by atoms with van der Waals surface area (Å²) in [5.41, 5.74) is 0.748. The highest BCUT2D eigenvalue weighted by Gasteiger charge is 2.46. The largest absolute Gasteiger partial charge is 0.507 e. The van der Waals surface area contributed by atoms with E-state index in [-0.39, 0.29) is 24.3 Å². The van der Waals surface area contributed by atoms with Gasteiger partial charge in [0.1, 0.15) is 5.76 Å². The van der Waals surface area contributed by atoms with E-state index in [0.717, 1.165) is 4.90 Å². The van der Waals surface area contributed by atoms with E-state index >= 15 is 0 Å². The molecule has 0 aliphatic carbocycles. The number of nitrogens with zero attached hydrogens (tertiary/aromatic N) is 1. The Balaban J connectivity index is 2.18. The number of aliphatic hydroxyl groups excluding tert-OH is 1. The summed E-state index contributed by atoms with van der Waals surface area (Å²) in [4.78, 5) is 37.8. The molecule has 8 nitrogen and oxygen atoms in total. The Labute approximate surface area is 173 Å². The molecule has 2 aromatic carbocycles. The Morgan fingerprint density at radius 3 is 2.27 bits per heavy atom. The van der Waals surface area contributed by atoms with Gasteiger partial charge < -0.3 is 24.6 Å². The fraction of sp³-hybridized carbons (Fsp3) is 0.227. The predicted octanol–water partition coefficient (Wildman–Crippen LogP) is 2.60. The molecule has 2 aromatic rings. The van der Waals surface area contributed by atoms with Crippen LogP contribution in [0.3, 0.4) is 0 Å². The van der Waals surface area contributed by atoms with Crippen molar-refractivity contribution >= 4 is 23.4 Å². The molecular weight excluding hydrogens is 390 g/mol. The molecule has 1 aliphatic heterocycles. The molecule has 1 aliphatic rings. The number of benzene rings is 2. The minimum Gasteiger partial charge on any atom is -0.507 e. The van der Waals surface area contributed by atoms with E-state index in [1.165, 1.54) is 14.2 Å². The number of likely N-dealkylation sites (tertiary alicyclic amines) is 1. The second kappa shape index (κ2) is 8.69. The number of methoxy groups -OCH3 is 2. The molecule has 1 amide bonds. The summed E-state index contributed by atoms with van der Waals surface area (Å²) in [7, 11) is 2.93. The van der Waals surface area contributed by atoms with Gasteiger partial charge in [0, 0.05) is 12.1 Å². The van der Waals surface area contributed by atoms with Crippen LogP contribution in [0.4, 0.5) is 0 Å². The van der Waals surface area contributed by atoms with E-state index in [0.29, 0.717) is 22.6 Å². The van der Waals surface area contributed by atoms with Crippen molar-refractivity contribution in [3.8, 4) is 11.5 Å². The zero-order valence-electron chi connectivity index (χ0n) is 16.5. The number of carboxylic acid groups (broad SMARTS) is 1. The standard InChI is InChI=1S/C22H21NO7/c1-29-15-9-8-14(12-16(15)30-2)19-18(20(26)13-6-4-3-5-7-13)21(27)22(28)23(19)11-10-17(24)25/h3-9,12,19,26H,10-11H2,1-2H3,(H,24,25)/b20-18-. The van der Waals surface area contributed by atoms with E-state index in [4.69, 9.17) is 14.6 Å². The van der Waals surface area contributed by atoms with E-state index in [2.05, 4.69) is 0 Å². The normalized spacial score (nSPS) is 17.8. The number of carbonyl (C=O) groups is 3. The Bertz CT molecular complexity index is 1010. The number of ether oxygens (including phenoxy) is 2. The van der Waals surface area contributed by atoms with Crippen LogP contribution in [0.5, 0.6) is 11.5 Å². The number of hydrogen-bond donors (Lipinski definition) is 2. The van der Waals surface area contributed by atoms with E-state index in [1.54, 1.807) is 48.5 Å². The van der Waals surface area contributed by atoms with Crippen LogP contribution < -0.4 is 9.47 Å². The number of aliphatic hydroxyl groups is 1. The van der Waals surface area contributed by atoms with Gasteiger partial charge in [-0.15, -0.1) is 0 Å². The van der Waals surface area contributed by atoms with Gasteiger partial charge in [-0.1, -0.05) is 36.4 Å². The van der Waals surface area contributed by atoms with Gasteiger partial charge in [-0.05, 0) is 17.7 Å². The van der Waals surface area contributed by atoms with Crippen LogP contribution in [0.15, 0.2) is 54.1 Å². The molecule has 1 saturated heterocycles. The third-order valence-electron chi connectivity index (χ3n) is 4.88. The molecule has 3 rings (SSSR count). The maximum Gasteiger partial charge on any atom is 0.305 e. The van der Waals surface area contributed by atoms with E-state index < -0.39 is 23.7 Å². The van der Waals surface area contributed by atoms with Crippen LogP contribution in [0.2, 0.25) is 0 Å². The van der Waals surface area contributed by atoms with E-state index in [1.807, 2.05) is 0 Å². The van der Waals surface area contributed by atoms with Gasteiger partial charge in [-0.3, -0.25) is 14.4 Å². The van der Waals surface area contributed by atoms with Crippen molar-refractivity contribution in [1.29, 1.82) is 0 Å². The Kier molecular flexibility index (Phi) is 6.06. The van der Waals surface area contributed by atoms with Crippen LogP contribution in [0, 0.1) is 0 Å². The lowest BCUT2D eigenvalue weighted by Gasteiger charge is -2.25. The average Bonchev–Trinajstić information content (AvgIpc) is 3.01. The summed E-state index contributed by atoms with van der Waals surface area (Å²) in [5, 5.41) is 19.9. The SMILES string of the molecule is COc1ccc(C2/C(=C(/O)c3ccccc3)C(=O)C(=O)N2CCC(=O)O)cc1OC. The summed E-state index contributed by atoms with van der Waals surface area (Å²) in [6.45, 7) is -0.190. The molecule has 156 valence electrons. The molecular formula is C22H21NO7. The number of aliphatic carboxylic acids is 1. The molecule has 1 unspecified atom stereocenters. The predicted molar refractivity (Wildman–Crippen MR) is 107 cm³/mol. The number of hydrogen-bond acceptors (Lipinski definition) is 6. The Morgan fingerprint density at radius 1 is 1.00 bits per heavy atom. The van der Waals surface area contributed by atoms with Crippen LogP contribution in [-0.4, -0.2) is 53.5 Å². The third kappa shape index (κ3) is 3.84. The van der Waals surface area contributed by atoms with Gasteiger partial charge in [0.25, 0.3) is 11.7 Å². The highest BCUT2D eigenvalue weighted by Crippen LogP contribution is 2.41. The molecule has 30 heavy (non-hydrogen) atoms. The number of rotatable bonds is 7. The summed E-state index contributed by atoms with van der Waals surface area (Å²) in [6.07, 6.45) is -0.345. The van der Waals surface area contributed by atoms with Crippen molar-refractivity contribution in [2.75, 3.05) is 20.8 Å². The van der Waals surface area contributed by atoms with Crippen molar-refractivity contribution in [1.82, 2.24) is 4.90 Å². The minimum absolute atomic E-state index is 0.108. The fourth-order valence-corrected chi connectivity index (χ4v) is 3.45. The van der Waals surface area contributed by atoms with Gasteiger partial charge in [-0.2, -0.15) is 0 Å². The number of ketones is 1. The fourth-order valence-electron chi connectivity index (χ4n) is 3.45. The summed E-state index contributed by atoms with van der Waals surface area (Å²) >= 11 is 0. The molecule has 0 radical (unpaired) electrons. The molecule has 0 bridgehead atoms. The van der Waals surface area contributed by atoms with Crippen LogP contribution in [0.1, 0.15) is 23.6 Å². The number of amides is 1. The third-order valence-corrected chi connectivity index (χ3v) is 4.88. The van der Waals surface area contributed by atoms with Gasteiger partial charge in [0.15, 0.2) is 11.5 Å². The highest BCUT2D eigenvalue weighted by atomic mass is 16.5. The number of carbonyl (C=O) groups excluding carboxylic acids is 2.